The molecular formula is C16H16N2O3. The van der Waals surface area contributed by atoms with E-state index in [4.69, 9.17) is 4.74 Å². The van der Waals surface area contributed by atoms with E-state index in [2.05, 4.69) is 10.5 Å². The molecule has 5 heteroatoms. The van der Waals surface area contributed by atoms with Gasteiger partial charge in [-0.05, 0) is 37.3 Å². The monoisotopic (exact) mass is 284 g/mol. The summed E-state index contributed by atoms with van der Waals surface area (Å²) in [5.74, 6) is 0.436. The van der Waals surface area contributed by atoms with Crippen LogP contribution in [0.3, 0.4) is 0 Å². The summed E-state index contributed by atoms with van der Waals surface area (Å²) in [6, 6.07) is 13.5. The SMILES string of the molecule is COc1cccc(C(=O)NN=C(C)c2cccc(O)c2)c1. The van der Waals surface area contributed by atoms with Gasteiger partial charge in [-0.2, -0.15) is 5.10 Å². The summed E-state index contributed by atoms with van der Waals surface area (Å²) in [7, 11) is 1.54. The van der Waals surface area contributed by atoms with Gasteiger partial charge in [0.05, 0.1) is 12.8 Å². The molecule has 2 aromatic rings. The molecule has 2 aromatic carbocycles. The number of amides is 1. The van der Waals surface area contributed by atoms with E-state index in [-0.39, 0.29) is 11.7 Å². The van der Waals surface area contributed by atoms with Crippen molar-refractivity contribution in [1.82, 2.24) is 5.43 Å². The van der Waals surface area contributed by atoms with E-state index in [1.54, 1.807) is 62.6 Å². The number of hydrogen-bond acceptors (Lipinski definition) is 4. The van der Waals surface area contributed by atoms with Crippen LogP contribution in [0.25, 0.3) is 0 Å². The van der Waals surface area contributed by atoms with Crippen LogP contribution < -0.4 is 10.2 Å². The number of phenolic OH excluding ortho intramolecular Hbond substituents is 1. The Hall–Kier alpha value is -2.82. The Kier molecular flexibility index (Phi) is 4.56. The second-order valence-electron chi connectivity index (χ2n) is 4.42. The summed E-state index contributed by atoms with van der Waals surface area (Å²) >= 11 is 0. The van der Waals surface area contributed by atoms with Gasteiger partial charge in [0.15, 0.2) is 0 Å². The Morgan fingerprint density at radius 3 is 2.57 bits per heavy atom. The largest absolute Gasteiger partial charge is 0.508 e. The number of phenols is 1. The fourth-order valence-corrected chi connectivity index (χ4v) is 1.76. The summed E-state index contributed by atoms with van der Waals surface area (Å²) in [6.07, 6.45) is 0. The van der Waals surface area contributed by atoms with Crippen molar-refractivity contribution in [3.8, 4) is 11.5 Å². The predicted molar refractivity (Wildman–Crippen MR) is 80.8 cm³/mol. The molecule has 108 valence electrons. The van der Waals surface area contributed by atoms with Crippen LogP contribution >= 0.6 is 0 Å². The van der Waals surface area contributed by atoms with Gasteiger partial charge in [-0.3, -0.25) is 4.79 Å². The number of carbonyl (C=O) groups is 1. The average Bonchev–Trinajstić information content (AvgIpc) is 2.52. The minimum Gasteiger partial charge on any atom is -0.508 e. The van der Waals surface area contributed by atoms with Gasteiger partial charge >= 0.3 is 0 Å². The number of aromatic hydroxyl groups is 1. The van der Waals surface area contributed by atoms with Crippen molar-refractivity contribution in [3.63, 3.8) is 0 Å². The molecule has 0 aromatic heterocycles. The molecule has 0 spiro atoms. The molecule has 5 nitrogen and oxygen atoms in total. The van der Waals surface area contributed by atoms with E-state index >= 15 is 0 Å². The van der Waals surface area contributed by atoms with Crippen LogP contribution in [0, 0.1) is 0 Å². The molecule has 0 saturated carbocycles. The number of nitrogens with one attached hydrogen (secondary N) is 1. The fourth-order valence-electron chi connectivity index (χ4n) is 1.76. The summed E-state index contributed by atoms with van der Waals surface area (Å²) in [5, 5.41) is 13.5. The van der Waals surface area contributed by atoms with Gasteiger partial charge in [0.2, 0.25) is 0 Å². The summed E-state index contributed by atoms with van der Waals surface area (Å²) in [4.78, 5) is 12.0. The first-order valence-electron chi connectivity index (χ1n) is 6.38. The number of rotatable bonds is 4. The van der Waals surface area contributed by atoms with Crippen molar-refractivity contribution in [2.45, 2.75) is 6.92 Å². The average molecular weight is 284 g/mol. The lowest BCUT2D eigenvalue weighted by atomic mass is 10.1. The highest BCUT2D eigenvalue weighted by molar-refractivity contribution is 6.01. The lowest BCUT2D eigenvalue weighted by Gasteiger charge is -2.05. The van der Waals surface area contributed by atoms with E-state index in [0.717, 1.165) is 5.56 Å². The van der Waals surface area contributed by atoms with Gasteiger partial charge < -0.3 is 9.84 Å². The minimum absolute atomic E-state index is 0.154. The topological polar surface area (TPSA) is 70.9 Å². The predicted octanol–water partition coefficient (Wildman–Crippen LogP) is 2.55. The van der Waals surface area contributed by atoms with Gasteiger partial charge in [-0.25, -0.2) is 5.43 Å². The molecule has 2 rings (SSSR count). The number of hydrazone groups is 1. The standard InChI is InChI=1S/C16H16N2O3/c1-11(12-5-3-7-14(19)9-12)17-18-16(20)13-6-4-8-15(10-13)21-2/h3-10,19H,1-2H3,(H,18,20). The summed E-state index contributed by atoms with van der Waals surface area (Å²) in [5.41, 5.74) is 4.28. The molecule has 0 aliphatic heterocycles. The van der Waals surface area contributed by atoms with Crippen LogP contribution in [0.2, 0.25) is 0 Å². The molecule has 0 unspecified atom stereocenters. The normalized spacial score (nSPS) is 11.0. The maximum Gasteiger partial charge on any atom is 0.271 e. The molecule has 0 atom stereocenters. The number of methoxy groups -OCH3 is 1. The highest BCUT2D eigenvalue weighted by Gasteiger charge is 2.06. The molecular weight excluding hydrogens is 268 g/mol. The van der Waals surface area contributed by atoms with Crippen LogP contribution in [0.15, 0.2) is 53.6 Å². The molecule has 0 heterocycles. The second kappa shape index (κ2) is 6.56. The maximum absolute atomic E-state index is 12.0. The van der Waals surface area contributed by atoms with Crippen molar-refractivity contribution in [3.05, 3.63) is 59.7 Å². The van der Waals surface area contributed by atoms with Crippen molar-refractivity contribution in [1.29, 1.82) is 0 Å². The maximum atomic E-state index is 12.0. The lowest BCUT2D eigenvalue weighted by Crippen LogP contribution is -2.19. The lowest BCUT2D eigenvalue weighted by molar-refractivity contribution is 0.0954. The van der Waals surface area contributed by atoms with Gasteiger partial charge in [-0.1, -0.05) is 18.2 Å². The van der Waals surface area contributed by atoms with Crippen LogP contribution in [0.5, 0.6) is 11.5 Å². The van der Waals surface area contributed by atoms with Crippen LogP contribution in [0.4, 0.5) is 0 Å². The van der Waals surface area contributed by atoms with Crippen molar-refractivity contribution in [2.75, 3.05) is 7.11 Å². The number of benzene rings is 2. The third kappa shape index (κ3) is 3.82. The Morgan fingerprint density at radius 2 is 1.86 bits per heavy atom. The Labute approximate surface area is 122 Å². The van der Waals surface area contributed by atoms with E-state index in [0.29, 0.717) is 17.0 Å². The zero-order valence-electron chi connectivity index (χ0n) is 11.8. The smallest absolute Gasteiger partial charge is 0.271 e. The van der Waals surface area contributed by atoms with Crippen molar-refractivity contribution < 1.29 is 14.6 Å². The van der Waals surface area contributed by atoms with Crippen molar-refractivity contribution >= 4 is 11.6 Å². The number of ether oxygens (including phenoxy) is 1. The molecule has 0 fully saturated rings. The van der Waals surface area contributed by atoms with E-state index < -0.39 is 0 Å². The first-order chi connectivity index (χ1) is 10.1. The quantitative estimate of drug-likeness (QED) is 0.669. The second-order valence-corrected chi connectivity index (χ2v) is 4.42. The van der Waals surface area contributed by atoms with Gasteiger partial charge in [0.25, 0.3) is 5.91 Å². The van der Waals surface area contributed by atoms with Gasteiger partial charge in [-0.15, -0.1) is 0 Å². The minimum atomic E-state index is -0.326. The zero-order valence-corrected chi connectivity index (χ0v) is 11.8. The molecule has 2 N–H and O–H groups in total. The zero-order chi connectivity index (χ0) is 15.2. The van der Waals surface area contributed by atoms with E-state index in [1.807, 2.05) is 0 Å². The highest BCUT2D eigenvalue weighted by atomic mass is 16.5. The third-order valence-corrected chi connectivity index (χ3v) is 2.92. The molecule has 0 radical (unpaired) electrons. The molecule has 0 aliphatic rings. The number of carbonyl (C=O) groups excluding carboxylic acids is 1. The molecule has 0 aliphatic carbocycles. The fraction of sp³-hybridized carbons (Fsp3) is 0.125. The molecule has 21 heavy (non-hydrogen) atoms. The first-order valence-corrected chi connectivity index (χ1v) is 6.38. The first kappa shape index (κ1) is 14.6. The molecule has 0 saturated heterocycles. The van der Waals surface area contributed by atoms with Crippen molar-refractivity contribution in [2.24, 2.45) is 5.10 Å². The van der Waals surface area contributed by atoms with Crippen LogP contribution in [-0.2, 0) is 0 Å². The summed E-state index contributed by atoms with van der Waals surface area (Å²) < 4.78 is 5.07. The number of nitrogens with zero attached hydrogens (tertiary/aromatic N) is 1. The van der Waals surface area contributed by atoms with Crippen LogP contribution in [-0.4, -0.2) is 23.8 Å². The van der Waals surface area contributed by atoms with E-state index in [1.165, 1.54) is 0 Å². The third-order valence-electron chi connectivity index (χ3n) is 2.92. The Balaban J connectivity index is 2.10. The number of hydrogen-bond donors (Lipinski definition) is 2. The molecule has 0 bridgehead atoms. The summed E-state index contributed by atoms with van der Waals surface area (Å²) in [6.45, 7) is 1.75. The Morgan fingerprint density at radius 1 is 1.14 bits per heavy atom. The van der Waals surface area contributed by atoms with Gasteiger partial charge in [0, 0.05) is 11.1 Å². The van der Waals surface area contributed by atoms with Gasteiger partial charge in [0.1, 0.15) is 11.5 Å². The highest BCUT2D eigenvalue weighted by Crippen LogP contribution is 2.13. The Bertz CT molecular complexity index is 681. The van der Waals surface area contributed by atoms with Crippen LogP contribution in [0.1, 0.15) is 22.8 Å². The van der Waals surface area contributed by atoms with E-state index in [9.17, 15) is 9.90 Å². The molecule has 1 amide bonds.